The fourth-order valence-corrected chi connectivity index (χ4v) is 14.3. The number of halogens is 3. The van der Waals surface area contributed by atoms with E-state index >= 15 is 0 Å². The third kappa shape index (κ3) is 1.38. The highest BCUT2D eigenvalue weighted by molar-refractivity contribution is 8.31. The fourth-order valence-electron chi connectivity index (χ4n) is 1.41. The first-order valence-corrected chi connectivity index (χ1v) is 9.88. The van der Waals surface area contributed by atoms with Crippen LogP contribution in [0.5, 0.6) is 0 Å². The monoisotopic (exact) mass is 378 g/mol. The molecular weight excluding hydrogens is 371 g/mol. The van der Waals surface area contributed by atoms with E-state index in [-0.39, 0.29) is 0 Å². The van der Waals surface area contributed by atoms with Gasteiger partial charge in [-0.3, -0.25) is 0 Å². The van der Waals surface area contributed by atoms with Crippen molar-refractivity contribution in [3.63, 3.8) is 0 Å². The second kappa shape index (κ2) is 3.67. The minimum absolute atomic E-state index is 0.634. The predicted octanol–water partition coefficient (Wildman–Crippen LogP) is 0.982. The van der Waals surface area contributed by atoms with E-state index in [0.29, 0.717) is 20.8 Å². The summed E-state index contributed by atoms with van der Waals surface area (Å²) in [4.78, 5) is 0. The topological polar surface area (TPSA) is 102 Å². The third-order valence-corrected chi connectivity index (χ3v) is 16.2. The van der Waals surface area contributed by atoms with Gasteiger partial charge in [0.2, 0.25) is 40.1 Å². The highest BCUT2D eigenvalue weighted by Gasteiger charge is 2.77. The molecule has 0 aromatic heterocycles. The highest BCUT2D eigenvalue weighted by Crippen LogP contribution is 2.56. The summed E-state index contributed by atoms with van der Waals surface area (Å²) in [5.74, 6) is 0. The smallest absolute Gasteiger partial charge is 0.223 e. The molecule has 1 heterocycles. The summed E-state index contributed by atoms with van der Waals surface area (Å²) in [6, 6.07) is 0. The van der Waals surface area contributed by atoms with Crippen LogP contribution in [0.2, 0.25) is 0 Å². The second-order valence-corrected chi connectivity index (χ2v) is 16.3. The van der Waals surface area contributed by atoms with Crippen LogP contribution in [0.4, 0.5) is 0 Å². The molecule has 0 bridgehead atoms. The Labute approximate surface area is 120 Å². The van der Waals surface area contributed by atoms with E-state index < -0.39 is 40.1 Å². The van der Waals surface area contributed by atoms with Crippen LogP contribution in [0.25, 0.3) is 0 Å². The van der Waals surface area contributed by atoms with E-state index in [1.807, 2.05) is 0 Å². The summed E-state index contributed by atoms with van der Waals surface area (Å²) < 4.78 is 63.2. The van der Waals surface area contributed by atoms with Crippen LogP contribution in [-0.4, -0.2) is 35.9 Å². The maximum Gasteiger partial charge on any atom is 0.248 e. The number of sulfone groups is 3. The number of rotatable bonds is 0. The largest absolute Gasteiger partial charge is 0.248 e. The first-order chi connectivity index (χ1) is 7.50. The van der Waals surface area contributed by atoms with Crippen LogP contribution in [0.3, 0.4) is 0 Å². The van der Waals surface area contributed by atoms with Crippen molar-refractivity contribution in [2.45, 2.75) is 31.4 Å². The molecule has 12 heteroatoms. The Morgan fingerprint density at radius 2 is 0.667 bits per heavy atom. The average molecular weight is 380 g/mol. The van der Waals surface area contributed by atoms with Gasteiger partial charge in [-0.25, -0.2) is 25.3 Å². The van der Waals surface area contributed by atoms with Crippen molar-refractivity contribution in [2.24, 2.45) is 0 Å². The molecule has 0 atom stereocenters. The van der Waals surface area contributed by atoms with Gasteiger partial charge >= 0.3 is 0 Å². The number of hydrogen-bond acceptors (Lipinski definition) is 6. The predicted molar refractivity (Wildman–Crippen MR) is 69.5 cm³/mol. The molecule has 0 N–H and O–H groups in total. The quantitative estimate of drug-likeness (QED) is 0.581. The molecule has 0 unspecified atom stereocenters. The molecule has 1 fully saturated rings. The Kier molecular flexibility index (Phi) is 3.42. The Morgan fingerprint density at radius 3 is 0.778 bits per heavy atom. The lowest BCUT2D eigenvalue weighted by Gasteiger charge is -2.42. The maximum atomic E-state index is 12.0. The second-order valence-electron chi connectivity index (χ2n) is 4.01. The van der Waals surface area contributed by atoms with Crippen molar-refractivity contribution < 1.29 is 25.3 Å². The van der Waals surface area contributed by atoms with E-state index in [0.717, 1.165) is 0 Å². The van der Waals surface area contributed by atoms with E-state index in [9.17, 15) is 25.3 Å². The summed E-state index contributed by atoms with van der Waals surface area (Å²) in [5, 5.41) is 0. The van der Waals surface area contributed by atoms with Crippen molar-refractivity contribution in [1.29, 1.82) is 0 Å². The lowest BCUT2D eigenvalue weighted by molar-refractivity contribution is 0.541. The highest BCUT2D eigenvalue weighted by atomic mass is 35.5. The Morgan fingerprint density at radius 1 is 0.556 bits per heavy atom. The van der Waals surface area contributed by atoms with Crippen LogP contribution in [-0.2, 0) is 29.5 Å². The van der Waals surface area contributed by atoms with E-state index in [2.05, 4.69) is 0 Å². The summed E-state index contributed by atoms with van der Waals surface area (Å²) in [6.07, 6.45) is 0. The Hall–Kier alpha value is 0.720. The van der Waals surface area contributed by atoms with Gasteiger partial charge in [0.15, 0.2) is 0 Å². The minimum atomic E-state index is -4.96. The fraction of sp³-hybridized carbons (Fsp3) is 1.00. The lowest BCUT2D eigenvalue weighted by atomic mass is 10.9. The van der Waals surface area contributed by atoms with Gasteiger partial charge in [0.1, 0.15) is 0 Å². The lowest BCUT2D eigenvalue weighted by Crippen LogP contribution is -2.66. The molecule has 0 aliphatic carbocycles. The van der Waals surface area contributed by atoms with Gasteiger partial charge in [0.05, 0.1) is 0 Å². The first-order valence-electron chi connectivity index (χ1n) is 4.29. The van der Waals surface area contributed by atoms with Gasteiger partial charge in [0, 0.05) is 0 Å². The molecule has 0 radical (unpaired) electrons. The van der Waals surface area contributed by atoms with Crippen molar-refractivity contribution in [2.75, 3.05) is 0 Å². The van der Waals surface area contributed by atoms with Crippen LogP contribution in [0.1, 0.15) is 20.8 Å². The zero-order valence-electron chi connectivity index (χ0n) is 9.31. The maximum absolute atomic E-state index is 12.0. The summed E-state index contributed by atoms with van der Waals surface area (Å²) in [7, 11) is -14.9. The van der Waals surface area contributed by atoms with E-state index in [1.165, 1.54) is 0 Å². The van der Waals surface area contributed by atoms with Crippen LogP contribution in [0.15, 0.2) is 0 Å². The van der Waals surface area contributed by atoms with Crippen molar-refractivity contribution >= 4 is 64.3 Å². The van der Waals surface area contributed by atoms with E-state index in [4.69, 9.17) is 34.8 Å². The zero-order chi connectivity index (χ0) is 15.0. The molecule has 1 saturated heterocycles. The standard InChI is InChI=1S/C6H9Cl3O6S3/c1-4(7)16(10,11)5(2,8)18(14,15)6(3,9)17(4,12)13/h1-3H3. The molecule has 1 aliphatic rings. The van der Waals surface area contributed by atoms with Crippen LogP contribution < -0.4 is 0 Å². The molecule has 6 nitrogen and oxygen atoms in total. The molecular formula is C6H9Cl3O6S3. The molecule has 1 aliphatic heterocycles. The van der Waals surface area contributed by atoms with Crippen molar-refractivity contribution in [1.82, 2.24) is 0 Å². The molecule has 108 valence electrons. The minimum Gasteiger partial charge on any atom is -0.223 e. The van der Waals surface area contributed by atoms with Crippen LogP contribution in [0, 0.1) is 0 Å². The number of alkyl halides is 3. The first kappa shape index (κ1) is 16.8. The Bertz CT molecular complexity index is 562. The number of hydrogen-bond donors (Lipinski definition) is 0. The van der Waals surface area contributed by atoms with E-state index in [1.54, 1.807) is 0 Å². The average Bonchev–Trinajstić information content (AvgIpc) is 2.14. The van der Waals surface area contributed by atoms with Gasteiger partial charge in [0.25, 0.3) is 0 Å². The third-order valence-electron chi connectivity index (χ3n) is 2.88. The summed E-state index contributed by atoms with van der Waals surface area (Å²) >= 11 is 16.6. The molecule has 0 saturated carbocycles. The molecule has 1 rings (SSSR count). The van der Waals surface area contributed by atoms with Gasteiger partial charge in [-0.05, 0) is 20.8 Å². The van der Waals surface area contributed by atoms with Gasteiger partial charge < -0.3 is 0 Å². The normalized spacial score (nSPS) is 49.7. The van der Waals surface area contributed by atoms with Crippen molar-refractivity contribution in [3.05, 3.63) is 0 Å². The molecule has 18 heavy (non-hydrogen) atoms. The summed E-state index contributed by atoms with van der Waals surface area (Å²) in [6.45, 7) is 1.90. The van der Waals surface area contributed by atoms with Crippen LogP contribution >= 0.6 is 34.8 Å². The molecule has 0 amide bonds. The molecule has 0 spiro atoms. The molecule has 0 aromatic rings. The SMILES string of the molecule is CC1(Cl)S(=O)(=O)C(C)(Cl)S(=O)(=O)C(C)(Cl)S1(=O)=O. The van der Waals surface area contributed by atoms with Gasteiger partial charge in [-0.2, -0.15) is 0 Å². The summed E-state index contributed by atoms with van der Waals surface area (Å²) in [5.41, 5.74) is 0. The zero-order valence-corrected chi connectivity index (χ0v) is 14.0. The Balaban J connectivity index is 4.10. The van der Waals surface area contributed by atoms with Gasteiger partial charge in [-0.1, -0.05) is 34.8 Å². The molecule has 0 aromatic carbocycles. The van der Waals surface area contributed by atoms with Gasteiger partial charge in [-0.15, -0.1) is 0 Å². The van der Waals surface area contributed by atoms with Crippen molar-refractivity contribution in [3.8, 4) is 0 Å².